The zero-order valence-electron chi connectivity index (χ0n) is 9.29. The fourth-order valence-corrected chi connectivity index (χ4v) is 2.21. The number of thiophene rings is 1. The zero-order chi connectivity index (χ0) is 11.3. The van der Waals surface area contributed by atoms with Gasteiger partial charge in [-0.1, -0.05) is 29.8 Å². The maximum Gasteiger partial charge on any atom is 0.0345 e. The first kappa shape index (κ1) is 11.7. The number of benzene rings is 1. The predicted octanol–water partition coefficient (Wildman–Crippen LogP) is 4.83. The normalized spacial score (nSPS) is 9.20. The molecule has 2 aromatic rings. The maximum atomic E-state index is 3.00. The topological polar surface area (TPSA) is 0 Å². The van der Waals surface area contributed by atoms with Crippen LogP contribution < -0.4 is 0 Å². The lowest BCUT2D eigenvalue weighted by molar-refractivity contribution is 1.47. The van der Waals surface area contributed by atoms with Crippen molar-refractivity contribution >= 4 is 11.3 Å². The van der Waals surface area contributed by atoms with Gasteiger partial charge in [0.05, 0.1) is 0 Å². The van der Waals surface area contributed by atoms with Gasteiger partial charge in [-0.05, 0) is 36.4 Å². The molecule has 0 N–H and O–H groups in total. The van der Waals surface area contributed by atoms with Crippen LogP contribution in [0, 0.1) is 13.8 Å². The summed E-state index contributed by atoms with van der Waals surface area (Å²) in [6, 6.07) is 10.9. The highest BCUT2D eigenvalue weighted by atomic mass is 32.1. The summed E-state index contributed by atoms with van der Waals surface area (Å²) in [6.45, 7) is 10.2. The van der Waals surface area contributed by atoms with E-state index in [-0.39, 0.29) is 0 Å². The van der Waals surface area contributed by atoms with Crippen LogP contribution in [0.5, 0.6) is 0 Å². The van der Waals surface area contributed by atoms with Gasteiger partial charge in [0, 0.05) is 4.88 Å². The Hall–Kier alpha value is -1.34. The van der Waals surface area contributed by atoms with Gasteiger partial charge < -0.3 is 0 Å². The number of aryl methyl sites for hydroxylation is 2. The van der Waals surface area contributed by atoms with Crippen LogP contribution in [0.15, 0.2) is 48.9 Å². The number of hydrogen-bond donors (Lipinski definition) is 0. The minimum absolute atomic E-state index is 1.32. The van der Waals surface area contributed by atoms with E-state index in [9.17, 15) is 0 Å². The highest BCUT2D eigenvalue weighted by Gasteiger charge is 1.98. The molecule has 0 fully saturated rings. The molecule has 0 spiro atoms. The fourth-order valence-electron chi connectivity index (χ4n) is 1.30. The van der Waals surface area contributed by atoms with E-state index < -0.39 is 0 Å². The molecular formula is C14H16S. The molecule has 0 radical (unpaired) electrons. The molecule has 0 amide bonds. The van der Waals surface area contributed by atoms with E-state index in [2.05, 4.69) is 62.7 Å². The molecule has 0 aliphatic carbocycles. The molecule has 0 bridgehead atoms. The van der Waals surface area contributed by atoms with Crippen molar-refractivity contribution in [1.82, 2.24) is 0 Å². The second-order valence-electron chi connectivity index (χ2n) is 3.35. The van der Waals surface area contributed by atoms with Gasteiger partial charge in [0.25, 0.3) is 0 Å². The van der Waals surface area contributed by atoms with Gasteiger partial charge in [-0.25, -0.2) is 0 Å². The van der Waals surface area contributed by atoms with Gasteiger partial charge in [0.1, 0.15) is 0 Å². The summed E-state index contributed by atoms with van der Waals surface area (Å²) in [5.41, 5.74) is 3.99. The summed E-state index contributed by atoms with van der Waals surface area (Å²) >= 11 is 1.81. The van der Waals surface area contributed by atoms with Crippen LogP contribution in [-0.4, -0.2) is 0 Å². The van der Waals surface area contributed by atoms with Crippen LogP contribution in [-0.2, 0) is 0 Å². The molecule has 1 heteroatoms. The van der Waals surface area contributed by atoms with Crippen LogP contribution in [0.3, 0.4) is 0 Å². The Labute approximate surface area is 95.9 Å². The van der Waals surface area contributed by atoms with Gasteiger partial charge in [-0.15, -0.1) is 24.5 Å². The molecule has 78 valence electrons. The number of rotatable bonds is 1. The smallest absolute Gasteiger partial charge is 0.0345 e. The lowest BCUT2D eigenvalue weighted by Gasteiger charge is -1.96. The van der Waals surface area contributed by atoms with Crippen LogP contribution >= 0.6 is 11.3 Å². The summed E-state index contributed by atoms with van der Waals surface area (Å²) in [5, 5.41) is 2.19. The lowest BCUT2D eigenvalue weighted by Crippen LogP contribution is -1.73. The summed E-state index contributed by atoms with van der Waals surface area (Å²) in [5.74, 6) is 0. The van der Waals surface area contributed by atoms with Crippen LogP contribution in [0.25, 0.3) is 10.4 Å². The Kier molecular flexibility index (Phi) is 4.32. The molecule has 0 aliphatic rings. The molecule has 15 heavy (non-hydrogen) atoms. The average molecular weight is 216 g/mol. The van der Waals surface area contributed by atoms with Gasteiger partial charge in [0.15, 0.2) is 0 Å². The van der Waals surface area contributed by atoms with E-state index in [1.54, 1.807) is 0 Å². The van der Waals surface area contributed by atoms with Gasteiger partial charge in [-0.3, -0.25) is 0 Å². The quantitative estimate of drug-likeness (QED) is 0.599. The van der Waals surface area contributed by atoms with Crippen molar-refractivity contribution in [2.24, 2.45) is 0 Å². The van der Waals surface area contributed by atoms with E-state index in [0.29, 0.717) is 0 Å². The molecule has 0 saturated carbocycles. The molecular weight excluding hydrogens is 200 g/mol. The van der Waals surface area contributed by atoms with Crippen LogP contribution in [0.4, 0.5) is 0 Å². The minimum Gasteiger partial charge on any atom is -0.144 e. The van der Waals surface area contributed by atoms with E-state index >= 15 is 0 Å². The summed E-state index contributed by atoms with van der Waals surface area (Å²) < 4.78 is 0. The monoisotopic (exact) mass is 216 g/mol. The standard InChI is InChI=1S/C12H12S.C2H4/c1-9-3-5-11(6-4-9)12-7-10(2)8-13-12;1-2/h3-8H,1-2H3;1-2H2. The molecule has 0 saturated heterocycles. The van der Waals surface area contributed by atoms with E-state index in [1.807, 2.05) is 11.3 Å². The van der Waals surface area contributed by atoms with Crippen molar-refractivity contribution in [3.05, 3.63) is 60.0 Å². The Bertz CT molecular complexity index is 409. The highest BCUT2D eigenvalue weighted by molar-refractivity contribution is 7.13. The van der Waals surface area contributed by atoms with E-state index in [1.165, 1.54) is 21.6 Å². The molecule has 1 aromatic carbocycles. The minimum atomic E-state index is 1.32. The Morgan fingerprint density at radius 2 is 1.53 bits per heavy atom. The van der Waals surface area contributed by atoms with Gasteiger partial charge >= 0.3 is 0 Å². The molecule has 2 rings (SSSR count). The molecule has 0 nitrogen and oxygen atoms in total. The first-order valence-electron chi connectivity index (χ1n) is 4.88. The van der Waals surface area contributed by atoms with E-state index in [4.69, 9.17) is 0 Å². The Morgan fingerprint density at radius 3 is 2.00 bits per heavy atom. The first-order chi connectivity index (χ1) is 7.25. The zero-order valence-corrected chi connectivity index (χ0v) is 10.1. The first-order valence-corrected chi connectivity index (χ1v) is 5.76. The van der Waals surface area contributed by atoms with Crippen LogP contribution in [0.1, 0.15) is 11.1 Å². The van der Waals surface area contributed by atoms with Crippen molar-refractivity contribution in [3.8, 4) is 10.4 Å². The molecule has 0 aliphatic heterocycles. The van der Waals surface area contributed by atoms with E-state index in [0.717, 1.165) is 0 Å². The second kappa shape index (κ2) is 5.52. The lowest BCUT2D eigenvalue weighted by atomic mass is 10.1. The summed E-state index contributed by atoms with van der Waals surface area (Å²) in [4.78, 5) is 1.36. The molecule has 1 heterocycles. The molecule has 0 atom stereocenters. The fraction of sp³-hybridized carbons (Fsp3) is 0.143. The molecule has 1 aromatic heterocycles. The van der Waals surface area contributed by atoms with Gasteiger partial charge in [-0.2, -0.15) is 0 Å². The molecule has 0 unspecified atom stereocenters. The summed E-state index contributed by atoms with van der Waals surface area (Å²) in [6.07, 6.45) is 0. The predicted molar refractivity (Wildman–Crippen MR) is 70.5 cm³/mol. The van der Waals surface area contributed by atoms with Crippen molar-refractivity contribution in [3.63, 3.8) is 0 Å². The third-order valence-electron chi connectivity index (χ3n) is 2.07. The summed E-state index contributed by atoms with van der Waals surface area (Å²) in [7, 11) is 0. The third kappa shape index (κ3) is 3.07. The van der Waals surface area contributed by atoms with Crippen molar-refractivity contribution in [2.45, 2.75) is 13.8 Å². The Balaban J connectivity index is 0.000000531. The Morgan fingerprint density at radius 1 is 0.933 bits per heavy atom. The van der Waals surface area contributed by atoms with Gasteiger partial charge in [0.2, 0.25) is 0 Å². The SMILES string of the molecule is C=C.Cc1ccc(-c2cc(C)cs2)cc1. The van der Waals surface area contributed by atoms with Crippen molar-refractivity contribution in [2.75, 3.05) is 0 Å². The van der Waals surface area contributed by atoms with Crippen LogP contribution in [0.2, 0.25) is 0 Å². The maximum absolute atomic E-state index is 3.00. The largest absolute Gasteiger partial charge is 0.144 e. The highest BCUT2D eigenvalue weighted by Crippen LogP contribution is 2.26. The average Bonchev–Trinajstić information content (AvgIpc) is 2.69. The van der Waals surface area contributed by atoms with Crippen molar-refractivity contribution in [1.29, 1.82) is 0 Å². The third-order valence-corrected chi connectivity index (χ3v) is 3.16. The second-order valence-corrected chi connectivity index (χ2v) is 4.27. The van der Waals surface area contributed by atoms with Crippen molar-refractivity contribution < 1.29 is 0 Å². The number of hydrogen-bond acceptors (Lipinski definition) is 1.